The van der Waals surface area contributed by atoms with Crippen molar-refractivity contribution >= 4 is 5.96 Å². The summed E-state index contributed by atoms with van der Waals surface area (Å²) >= 11 is 0. The normalized spacial score (nSPS) is 12.5. The molecule has 164 valence electrons. The Morgan fingerprint density at radius 1 is 1.10 bits per heavy atom. The van der Waals surface area contributed by atoms with Crippen LogP contribution in [0.15, 0.2) is 53.5 Å². The summed E-state index contributed by atoms with van der Waals surface area (Å²) in [6.07, 6.45) is 0.579. The Labute approximate surface area is 175 Å². The van der Waals surface area contributed by atoms with Crippen molar-refractivity contribution in [2.45, 2.75) is 25.9 Å². The zero-order chi connectivity index (χ0) is 21.8. The van der Waals surface area contributed by atoms with E-state index in [1.165, 1.54) is 7.11 Å². The standard InChI is InChI=1S/C22H29F2N3O3/c1-3-25-22(27-14-18(15-28)17-7-5-4-6-8-17)26-12-11-16-9-10-19(29-2)20(13-16)30-21(23)24/h4-10,13,18,21,28H,3,11-12,14-15H2,1-2H3,(H2,25,26,27). The van der Waals surface area contributed by atoms with Gasteiger partial charge < -0.3 is 25.2 Å². The van der Waals surface area contributed by atoms with Gasteiger partial charge >= 0.3 is 6.61 Å². The lowest BCUT2D eigenvalue weighted by Crippen LogP contribution is -2.38. The van der Waals surface area contributed by atoms with E-state index in [1.807, 2.05) is 37.3 Å². The summed E-state index contributed by atoms with van der Waals surface area (Å²) in [5, 5.41) is 16.1. The van der Waals surface area contributed by atoms with E-state index in [0.29, 0.717) is 32.0 Å². The molecule has 0 bridgehead atoms. The van der Waals surface area contributed by atoms with Crippen molar-refractivity contribution in [2.24, 2.45) is 4.99 Å². The number of methoxy groups -OCH3 is 1. The molecule has 0 saturated heterocycles. The first-order chi connectivity index (χ1) is 14.6. The first-order valence-corrected chi connectivity index (χ1v) is 9.87. The van der Waals surface area contributed by atoms with E-state index in [9.17, 15) is 13.9 Å². The monoisotopic (exact) mass is 421 g/mol. The quantitative estimate of drug-likeness (QED) is 0.384. The van der Waals surface area contributed by atoms with Crippen LogP contribution >= 0.6 is 0 Å². The predicted molar refractivity (Wildman–Crippen MR) is 114 cm³/mol. The Kier molecular flexibility index (Phi) is 9.86. The van der Waals surface area contributed by atoms with Crippen LogP contribution in [0.4, 0.5) is 8.78 Å². The van der Waals surface area contributed by atoms with Crippen LogP contribution in [-0.4, -0.2) is 51.0 Å². The number of benzene rings is 2. The average molecular weight is 421 g/mol. The smallest absolute Gasteiger partial charge is 0.387 e. The molecule has 0 aliphatic heterocycles. The van der Waals surface area contributed by atoms with Gasteiger partial charge in [0.2, 0.25) is 0 Å². The molecule has 0 aliphatic rings. The fourth-order valence-corrected chi connectivity index (χ4v) is 2.93. The van der Waals surface area contributed by atoms with Crippen molar-refractivity contribution in [1.82, 2.24) is 10.6 Å². The zero-order valence-electron chi connectivity index (χ0n) is 17.3. The third-order valence-corrected chi connectivity index (χ3v) is 4.46. The largest absolute Gasteiger partial charge is 0.493 e. The molecule has 0 aromatic heterocycles. The van der Waals surface area contributed by atoms with Crippen LogP contribution in [0.2, 0.25) is 0 Å². The molecule has 8 heteroatoms. The maximum atomic E-state index is 12.6. The summed E-state index contributed by atoms with van der Waals surface area (Å²) in [5.74, 6) is 0.818. The number of guanidine groups is 1. The second kappa shape index (κ2) is 12.6. The lowest BCUT2D eigenvalue weighted by molar-refractivity contribution is -0.0512. The number of hydrogen-bond donors (Lipinski definition) is 3. The van der Waals surface area contributed by atoms with E-state index in [1.54, 1.807) is 18.2 Å². The fraction of sp³-hybridized carbons (Fsp3) is 0.409. The van der Waals surface area contributed by atoms with E-state index in [4.69, 9.17) is 4.74 Å². The lowest BCUT2D eigenvalue weighted by atomic mass is 10.0. The Morgan fingerprint density at radius 3 is 2.50 bits per heavy atom. The second-order valence-corrected chi connectivity index (χ2v) is 6.55. The van der Waals surface area contributed by atoms with Crippen molar-refractivity contribution in [2.75, 3.05) is 33.4 Å². The number of nitrogens with zero attached hydrogens (tertiary/aromatic N) is 1. The van der Waals surface area contributed by atoms with Crippen molar-refractivity contribution in [3.63, 3.8) is 0 Å². The second-order valence-electron chi connectivity index (χ2n) is 6.55. The van der Waals surface area contributed by atoms with Crippen LogP contribution in [0.3, 0.4) is 0 Å². The minimum atomic E-state index is -2.91. The van der Waals surface area contributed by atoms with Gasteiger partial charge in [-0.25, -0.2) is 0 Å². The average Bonchev–Trinajstić information content (AvgIpc) is 2.74. The van der Waals surface area contributed by atoms with Gasteiger partial charge in [0.25, 0.3) is 0 Å². The summed E-state index contributed by atoms with van der Waals surface area (Å²) < 4.78 is 34.7. The summed E-state index contributed by atoms with van der Waals surface area (Å²) in [6, 6.07) is 14.7. The van der Waals surface area contributed by atoms with Crippen LogP contribution in [-0.2, 0) is 6.42 Å². The third-order valence-electron chi connectivity index (χ3n) is 4.46. The minimum absolute atomic E-state index is 0.00564. The Morgan fingerprint density at radius 2 is 1.87 bits per heavy atom. The van der Waals surface area contributed by atoms with Gasteiger partial charge in [0.05, 0.1) is 20.3 Å². The van der Waals surface area contributed by atoms with Crippen LogP contribution in [0.1, 0.15) is 24.0 Å². The van der Waals surface area contributed by atoms with Gasteiger partial charge in [-0.1, -0.05) is 36.4 Å². The molecule has 0 aliphatic carbocycles. The molecule has 2 aromatic carbocycles. The predicted octanol–water partition coefficient (Wildman–Crippen LogP) is 3.17. The maximum absolute atomic E-state index is 12.6. The Hall–Kier alpha value is -2.87. The molecule has 0 radical (unpaired) electrons. The maximum Gasteiger partial charge on any atom is 0.387 e. The zero-order valence-corrected chi connectivity index (χ0v) is 17.3. The van der Waals surface area contributed by atoms with Gasteiger partial charge in [0, 0.05) is 19.0 Å². The van der Waals surface area contributed by atoms with Gasteiger partial charge in [0.1, 0.15) is 0 Å². The van der Waals surface area contributed by atoms with Crippen LogP contribution < -0.4 is 20.1 Å². The van der Waals surface area contributed by atoms with Crippen LogP contribution in [0.25, 0.3) is 0 Å². The lowest BCUT2D eigenvalue weighted by Gasteiger charge is -2.15. The number of ether oxygens (including phenoxy) is 2. The number of aliphatic hydroxyl groups is 1. The SMILES string of the molecule is CCNC(=NCC(CO)c1ccccc1)NCCc1ccc(OC)c(OC(F)F)c1. The third kappa shape index (κ3) is 7.51. The molecule has 1 atom stereocenters. The molecule has 2 rings (SSSR count). The molecule has 3 N–H and O–H groups in total. The summed E-state index contributed by atoms with van der Waals surface area (Å²) in [6.45, 7) is 0.729. The number of nitrogens with one attached hydrogen (secondary N) is 2. The Bertz CT molecular complexity index is 788. The van der Waals surface area contributed by atoms with E-state index in [2.05, 4.69) is 20.4 Å². The van der Waals surface area contributed by atoms with Crippen molar-refractivity contribution in [1.29, 1.82) is 0 Å². The molecule has 0 spiro atoms. The molecule has 1 unspecified atom stereocenters. The van der Waals surface area contributed by atoms with E-state index < -0.39 is 6.61 Å². The number of rotatable bonds is 11. The number of halogens is 2. The molecule has 0 saturated carbocycles. The molecule has 0 amide bonds. The molecule has 0 fully saturated rings. The van der Waals surface area contributed by atoms with Crippen LogP contribution in [0.5, 0.6) is 11.5 Å². The van der Waals surface area contributed by atoms with Gasteiger partial charge in [-0.05, 0) is 36.6 Å². The van der Waals surface area contributed by atoms with Crippen molar-refractivity contribution in [3.05, 3.63) is 59.7 Å². The molecule has 2 aromatic rings. The highest BCUT2D eigenvalue weighted by Crippen LogP contribution is 2.29. The number of alkyl halides is 2. The van der Waals surface area contributed by atoms with Gasteiger partial charge in [-0.15, -0.1) is 0 Å². The van der Waals surface area contributed by atoms with Gasteiger partial charge in [-0.3, -0.25) is 4.99 Å². The molecule has 30 heavy (non-hydrogen) atoms. The van der Waals surface area contributed by atoms with E-state index >= 15 is 0 Å². The molecular formula is C22H29F2N3O3. The summed E-state index contributed by atoms with van der Waals surface area (Å²) in [5.41, 5.74) is 1.86. The number of hydrogen-bond acceptors (Lipinski definition) is 4. The van der Waals surface area contributed by atoms with Crippen molar-refractivity contribution in [3.8, 4) is 11.5 Å². The summed E-state index contributed by atoms with van der Waals surface area (Å²) in [4.78, 5) is 4.57. The minimum Gasteiger partial charge on any atom is -0.493 e. The first kappa shape index (κ1) is 23.4. The highest BCUT2D eigenvalue weighted by atomic mass is 19.3. The summed E-state index contributed by atoms with van der Waals surface area (Å²) in [7, 11) is 1.41. The molecule has 0 heterocycles. The van der Waals surface area contributed by atoms with Gasteiger partial charge in [-0.2, -0.15) is 8.78 Å². The first-order valence-electron chi connectivity index (χ1n) is 9.87. The van der Waals surface area contributed by atoms with Crippen LogP contribution in [0, 0.1) is 0 Å². The number of aliphatic imine (C=N–C) groups is 1. The highest BCUT2D eigenvalue weighted by Gasteiger charge is 2.12. The van der Waals surface area contributed by atoms with Gasteiger partial charge in [0.15, 0.2) is 17.5 Å². The molecular weight excluding hydrogens is 392 g/mol. The Balaban J connectivity index is 1.96. The highest BCUT2D eigenvalue weighted by molar-refractivity contribution is 5.79. The van der Waals surface area contributed by atoms with E-state index in [-0.39, 0.29) is 24.0 Å². The fourth-order valence-electron chi connectivity index (χ4n) is 2.93. The van der Waals surface area contributed by atoms with Crippen molar-refractivity contribution < 1.29 is 23.4 Å². The topological polar surface area (TPSA) is 75.1 Å². The number of aliphatic hydroxyl groups excluding tert-OH is 1. The molecule has 6 nitrogen and oxygen atoms in total. The van der Waals surface area contributed by atoms with E-state index in [0.717, 1.165) is 11.1 Å².